The smallest absolute Gasteiger partial charge is 0.257 e. The zero-order valence-electron chi connectivity index (χ0n) is 17.8. The van der Waals surface area contributed by atoms with E-state index in [1.54, 1.807) is 16.7 Å². The Balaban J connectivity index is 1.51. The number of hydrogen-bond acceptors (Lipinski definition) is 4. The van der Waals surface area contributed by atoms with Crippen molar-refractivity contribution in [2.24, 2.45) is 0 Å². The van der Waals surface area contributed by atoms with Crippen LogP contribution in [0.5, 0.6) is 0 Å². The van der Waals surface area contributed by atoms with Crippen molar-refractivity contribution in [1.29, 1.82) is 0 Å². The summed E-state index contributed by atoms with van der Waals surface area (Å²) in [5, 5.41) is 2.96. The molecule has 33 heavy (non-hydrogen) atoms. The van der Waals surface area contributed by atoms with Crippen LogP contribution in [0.1, 0.15) is 22.3 Å². The Morgan fingerprint density at radius 1 is 0.909 bits per heavy atom. The van der Waals surface area contributed by atoms with Gasteiger partial charge >= 0.3 is 0 Å². The molecule has 5 rings (SSSR count). The zero-order chi connectivity index (χ0) is 22.8. The van der Waals surface area contributed by atoms with Crippen LogP contribution in [0.2, 0.25) is 0 Å². The molecule has 0 radical (unpaired) electrons. The van der Waals surface area contributed by atoms with Crippen LogP contribution in [-0.2, 0) is 6.42 Å². The van der Waals surface area contributed by atoms with Crippen LogP contribution >= 0.6 is 0 Å². The summed E-state index contributed by atoms with van der Waals surface area (Å²) in [6, 6.07) is 23.4. The van der Waals surface area contributed by atoms with Gasteiger partial charge in [-0.25, -0.2) is 14.4 Å². The predicted molar refractivity (Wildman–Crippen MR) is 128 cm³/mol. The molecule has 5 aromatic rings. The third kappa shape index (κ3) is 4.01. The highest BCUT2D eigenvalue weighted by atomic mass is 19.1. The molecule has 0 unspecified atom stereocenters. The van der Waals surface area contributed by atoms with E-state index in [2.05, 4.69) is 17.4 Å². The molecule has 0 fully saturated rings. The van der Waals surface area contributed by atoms with Gasteiger partial charge < -0.3 is 11.1 Å². The van der Waals surface area contributed by atoms with Gasteiger partial charge in [-0.3, -0.25) is 9.36 Å². The number of amides is 1. The van der Waals surface area contributed by atoms with Gasteiger partial charge in [0.1, 0.15) is 22.7 Å². The summed E-state index contributed by atoms with van der Waals surface area (Å²) >= 11 is 0. The lowest BCUT2D eigenvalue weighted by Crippen LogP contribution is -2.25. The first-order chi connectivity index (χ1) is 16.1. The normalized spacial score (nSPS) is 11.2. The van der Waals surface area contributed by atoms with Gasteiger partial charge in [-0.1, -0.05) is 42.5 Å². The van der Waals surface area contributed by atoms with Crippen LogP contribution in [0.3, 0.4) is 0 Å². The number of carbonyl (C=O) groups excluding carboxylic acids is 1. The Kier molecular flexibility index (Phi) is 5.44. The van der Waals surface area contributed by atoms with Gasteiger partial charge in [0.05, 0.1) is 11.0 Å². The minimum atomic E-state index is -0.360. The molecule has 2 aromatic heterocycles. The number of para-hydroxylation sites is 2. The van der Waals surface area contributed by atoms with Crippen molar-refractivity contribution in [2.75, 3.05) is 12.3 Å². The Hall–Kier alpha value is -4.26. The lowest BCUT2D eigenvalue weighted by atomic mass is 10.1. The minimum absolute atomic E-state index is 0.215. The second-order valence-corrected chi connectivity index (χ2v) is 7.80. The largest absolute Gasteiger partial charge is 0.384 e. The van der Waals surface area contributed by atoms with E-state index in [9.17, 15) is 9.18 Å². The molecule has 0 saturated heterocycles. The van der Waals surface area contributed by atoms with Crippen LogP contribution in [0.15, 0.2) is 78.9 Å². The first-order valence-electron chi connectivity index (χ1n) is 10.8. The van der Waals surface area contributed by atoms with Crippen molar-refractivity contribution < 1.29 is 9.18 Å². The Morgan fingerprint density at radius 2 is 1.58 bits per heavy atom. The van der Waals surface area contributed by atoms with Gasteiger partial charge in [0.15, 0.2) is 5.65 Å². The van der Waals surface area contributed by atoms with Crippen LogP contribution in [0.25, 0.3) is 27.9 Å². The standard InChI is InChI=1S/C26H22FN5O/c27-18-12-14-19(15-13-18)32-24(28)22(23-25(32)31-21-11-5-4-10-20(21)30-23)26(33)29-16-6-9-17-7-2-1-3-8-17/h1-5,7-8,10-15H,6,9,16,28H2,(H,29,33). The molecular weight excluding hydrogens is 417 g/mol. The van der Waals surface area contributed by atoms with E-state index in [0.717, 1.165) is 12.8 Å². The summed E-state index contributed by atoms with van der Waals surface area (Å²) in [5.74, 6) is -0.454. The van der Waals surface area contributed by atoms with Crippen molar-refractivity contribution in [3.8, 4) is 5.69 Å². The van der Waals surface area contributed by atoms with Crippen molar-refractivity contribution in [1.82, 2.24) is 19.9 Å². The number of nitrogens with two attached hydrogens (primary N) is 1. The predicted octanol–water partition coefficient (Wildman–Crippen LogP) is 4.66. The molecule has 0 saturated carbocycles. The number of benzene rings is 3. The second-order valence-electron chi connectivity index (χ2n) is 7.80. The van der Waals surface area contributed by atoms with Gasteiger partial charge in [-0.2, -0.15) is 0 Å². The highest BCUT2D eigenvalue weighted by Crippen LogP contribution is 2.31. The second kappa shape index (κ2) is 8.70. The number of nitrogens with zero attached hydrogens (tertiary/aromatic N) is 3. The molecule has 0 atom stereocenters. The average Bonchev–Trinajstić information content (AvgIpc) is 3.12. The quantitative estimate of drug-likeness (QED) is 0.377. The summed E-state index contributed by atoms with van der Waals surface area (Å²) in [7, 11) is 0. The molecular formula is C26H22FN5O. The number of aryl methyl sites for hydroxylation is 1. The summed E-state index contributed by atoms with van der Waals surface area (Å²) in [6.45, 7) is 0.497. The fraction of sp³-hybridized carbons (Fsp3) is 0.115. The van der Waals surface area contributed by atoms with E-state index in [1.165, 1.54) is 17.7 Å². The molecule has 3 aromatic carbocycles. The van der Waals surface area contributed by atoms with Crippen LogP contribution in [-0.4, -0.2) is 27.0 Å². The number of halogens is 1. The SMILES string of the molecule is Nc1c(C(=O)NCCCc2ccccc2)c2nc3ccccc3nc2n1-c1ccc(F)cc1. The summed E-state index contributed by atoms with van der Waals surface area (Å²) in [5.41, 5.74) is 10.8. The van der Waals surface area contributed by atoms with E-state index in [1.807, 2.05) is 42.5 Å². The topological polar surface area (TPSA) is 85.8 Å². The Labute approximate surface area is 189 Å². The van der Waals surface area contributed by atoms with Crippen molar-refractivity contribution in [3.63, 3.8) is 0 Å². The number of nitrogen functional groups attached to an aromatic ring is 1. The minimum Gasteiger partial charge on any atom is -0.384 e. The number of rotatable bonds is 6. The molecule has 1 amide bonds. The molecule has 0 bridgehead atoms. The first kappa shape index (κ1) is 20.6. The first-order valence-corrected chi connectivity index (χ1v) is 10.8. The van der Waals surface area contributed by atoms with Gasteiger partial charge in [0.25, 0.3) is 5.91 Å². The van der Waals surface area contributed by atoms with Crippen LogP contribution in [0.4, 0.5) is 10.2 Å². The zero-order valence-corrected chi connectivity index (χ0v) is 17.8. The van der Waals surface area contributed by atoms with Gasteiger partial charge in [-0.05, 0) is 54.8 Å². The average molecular weight is 439 g/mol. The van der Waals surface area contributed by atoms with Gasteiger partial charge in [-0.15, -0.1) is 0 Å². The van der Waals surface area contributed by atoms with E-state index in [0.29, 0.717) is 34.4 Å². The number of hydrogen-bond donors (Lipinski definition) is 2. The Morgan fingerprint density at radius 3 is 2.30 bits per heavy atom. The van der Waals surface area contributed by atoms with Gasteiger partial charge in [0.2, 0.25) is 0 Å². The Bertz CT molecular complexity index is 1450. The van der Waals surface area contributed by atoms with Crippen molar-refractivity contribution >= 4 is 33.9 Å². The molecule has 3 N–H and O–H groups in total. The highest BCUT2D eigenvalue weighted by Gasteiger charge is 2.24. The van der Waals surface area contributed by atoms with E-state index < -0.39 is 0 Å². The summed E-state index contributed by atoms with van der Waals surface area (Å²) in [6.07, 6.45) is 1.65. The number of aromatic nitrogens is 3. The van der Waals surface area contributed by atoms with Gasteiger partial charge in [0, 0.05) is 12.2 Å². The monoisotopic (exact) mass is 439 g/mol. The maximum Gasteiger partial charge on any atom is 0.257 e. The molecule has 6 nitrogen and oxygen atoms in total. The fourth-order valence-corrected chi connectivity index (χ4v) is 3.96. The van der Waals surface area contributed by atoms with Crippen molar-refractivity contribution in [2.45, 2.75) is 12.8 Å². The van der Waals surface area contributed by atoms with E-state index >= 15 is 0 Å². The van der Waals surface area contributed by atoms with Crippen LogP contribution < -0.4 is 11.1 Å². The van der Waals surface area contributed by atoms with E-state index in [-0.39, 0.29) is 23.1 Å². The highest BCUT2D eigenvalue weighted by molar-refractivity contribution is 6.11. The maximum absolute atomic E-state index is 13.5. The molecule has 2 heterocycles. The maximum atomic E-state index is 13.5. The number of nitrogens with one attached hydrogen (secondary N) is 1. The summed E-state index contributed by atoms with van der Waals surface area (Å²) in [4.78, 5) is 22.6. The molecule has 0 aliphatic rings. The van der Waals surface area contributed by atoms with E-state index in [4.69, 9.17) is 15.7 Å². The lowest BCUT2D eigenvalue weighted by Gasteiger charge is -2.08. The van der Waals surface area contributed by atoms with Crippen LogP contribution in [0, 0.1) is 5.82 Å². The molecule has 164 valence electrons. The fourth-order valence-electron chi connectivity index (χ4n) is 3.96. The molecule has 0 aliphatic carbocycles. The molecule has 0 aliphatic heterocycles. The number of fused-ring (bicyclic) bond motifs is 2. The third-order valence-electron chi connectivity index (χ3n) is 5.58. The number of carbonyl (C=O) groups is 1. The van der Waals surface area contributed by atoms with Crippen molar-refractivity contribution in [3.05, 3.63) is 95.8 Å². The molecule has 7 heteroatoms. The third-order valence-corrected chi connectivity index (χ3v) is 5.58. The lowest BCUT2D eigenvalue weighted by molar-refractivity contribution is 0.0955. The molecule has 0 spiro atoms. The number of anilines is 1. The summed E-state index contributed by atoms with van der Waals surface area (Å²) < 4.78 is 15.2.